The Morgan fingerprint density at radius 3 is 2.33 bits per heavy atom. The van der Waals surface area contributed by atoms with Gasteiger partial charge in [0.15, 0.2) is 0 Å². The molecule has 2 aromatic heterocycles. The molecule has 4 aliphatic rings. The molecule has 6 rings (SSSR count). The Morgan fingerprint density at radius 2 is 1.70 bits per heavy atom. The smallest absolute Gasteiger partial charge is 0.315 e. The van der Waals surface area contributed by atoms with Crippen molar-refractivity contribution >= 4 is 34.5 Å². The van der Waals surface area contributed by atoms with Crippen molar-refractivity contribution in [2.75, 3.05) is 0 Å². The molecule has 0 radical (unpaired) electrons. The number of hydrogen-bond donors (Lipinski definition) is 2. The van der Waals surface area contributed by atoms with Crippen LogP contribution in [0.2, 0.25) is 0 Å². The largest absolute Gasteiger partial charge is 0.333 e. The van der Waals surface area contributed by atoms with Crippen molar-refractivity contribution in [2.45, 2.75) is 50.6 Å². The van der Waals surface area contributed by atoms with Crippen LogP contribution >= 0.6 is 22.7 Å². The third-order valence-electron chi connectivity index (χ3n) is 6.47. The Morgan fingerprint density at radius 1 is 1.00 bits per heavy atom. The molecule has 2 N–H and O–H groups in total. The SMILES string of the molecule is O=C(NCc1ccc(C(=O)c2cccs2)s1)NC12CC3CC(CC(C3)C1)C2. The number of hydrogen-bond acceptors (Lipinski definition) is 4. The average molecular weight is 401 g/mol. The van der Waals surface area contributed by atoms with Gasteiger partial charge in [0.05, 0.1) is 16.3 Å². The Labute approximate surface area is 167 Å². The molecule has 0 saturated heterocycles. The van der Waals surface area contributed by atoms with Gasteiger partial charge in [0.1, 0.15) is 0 Å². The second kappa shape index (κ2) is 6.74. The van der Waals surface area contributed by atoms with Crippen molar-refractivity contribution in [3.05, 3.63) is 44.3 Å². The van der Waals surface area contributed by atoms with E-state index in [2.05, 4.69) is 10.6 Å². The number of amides is 2. The molecule has 27 heavy (non-hydrogen) atoms. The quantitative estimate of drug-likeness (QED) is 0.708. The highest BCUT2D eigenvalue weighted by Crippen LogP contribution is 2.55. The van der Waals surface area contributed by atoms with Crippen molar-refractivity contribution in [1.82, 2.24) is 10.6 Å². The summed E-state index contributed by atoms with van der Waals surface area (Å²) in [4.78, 5) is 27.4. The lowest BCUT2D eigenvalue weighted by Crippen LogP contribution is -2.61. The molecule has 0 aliphatic heterocycles. The van der Waals surface area contributed by atoms with Gasteiger partial charge in [-0.25, -0.2) is 4.79 Å². The highest BCUT2D eigenvalue weighted by molar-refractivity contribution is 7.16. The van der Waals surface area contributed by atoms with Gasteiger partial charge in [0, 0.05) is 10.4 Å². The fraction of sp³-hybridized carbons (Fsp3) is 0.524. The van der Waals surface area contributed by atoms with Crippen molar-refractivity contribution in [3.63, 3.8) is 0 Å². The third-order valence-corrected chi connectivity index (χ3v) is 8.42. The number of nitrogens with one attached hydrogen (secondary N) is 2. The molecule has 0 aromatic carbocycles. The summed E-state index contributed by atoms with van der Waals surface area (Å²) in [6.07, 6.45) is 7.59. The van der Waals surface area contributed by atoms with Crippen LogP contribution in [0.1, 0.15) is 58.0 Å². The van der Waals surface area contributed by atoms with Gasteiger partial charge in [-0.05, 0) is 79.9 Å². The maximum atomic E-state index is 12.5. The first kappa shape index (κ1) is 17.4. The van der Waals surface area contributed by atoms with E-state index in [1.165, 1.54) is 41.9 Å². The average Bonchev–Trinajstić information content (AvgIpc) is 3.30. The second-order valence-electron chi connectivity index (χ2n) is 8.58. The molecule has 4 aliphatic carbocycles. The van der Waals surface area contributed by atoms with E-state index in [9.17, 15) is 9.59 Å². The molecule has 0 atom stereocenters. The van der Waals surface area contributed by atoms with Gasteiger partial charge >= 0.3 is 6.03 Å². The van der Waals surface area contributed by atoms with Gasteiger partial charge in [0.25, 0.3) is 0 Å². The summed E-state index contributed by atoms with van der Waals surface area (Å²) in [6.45, 7) is 0.473. The van der Waals surface area contributed by atoms with E-state index >= 15 is 0 Å². The summed E-state index contributed by atoms with van der Waals surface area (Å²) in [6, 6.07) is 7.49. The zero-order chi connectivity index (χ0) is 18.4. The molecule has 2 amide bonds. The van der Waals surface area contributed by atoms with Crippen LogP contribution in [0.3, 0.4) is 0 Å². The highest BCUT2D eigenvalue weighted by atomic mass is 32.1. The van der Waals surface area contributed by atoms with Crippen LogP contribution in [0.25, 0.3) is 0 Å². The van der Waals surface area contributed by atoms with E-state index in [0.29, 0.717) is 6.54 Å². The third kappa shape index (κ3) is 3.45. The van der Waals surface area contributed by atoms with Crippen molar-refractivity contribution in [1.29, 1.82) is 0 Å². The number of rotatable bonds is 5. The standard InChI is InChI=1S/C21H24N2O2S2/c24-19(17-2-1-5-26-17)18-4-3-16(27-18)12-22-20(25)23-21-9-13-6-14(10-21)8-15(7-13)11-21/h1-5,13-15H,6-12H2,(H2,22,23,25). The molecule has 142 valence electrons. The summed E-state index contributed by atoms with van der Waals surface area (Å²) < 4.78 is 0. The van der Waals surface area contributed by atoms with Crippen LogP contribution in [0.5, 0.6) is 0 Å². The monoisotopic (exact) mass is 400 g/mol. The predicted octanol–water partition coefficient (Wildman–Crippen LogP) is 4.81. The highest BCUT2D eigenvalue weighted by Gasteiger charge is 2.51. The molecule has 4 nitrogen and oxygen atoms in total. The summed E-state index contributed by atoms with van der Waals surface area (Å²) >= 11 is 2.93. The van der Waals surface area contributed by atoms with Crippen LogP contribution < -0.4 is 10.6 Å². The molecule has 4 fully saturated rings. The van der Waals surface area contributed by atoms with Crippen molar-refractivity contribution < 1.29 is 9.59 Å². The summed E-state index contributed by atoms with van der Waals surface area (Å²) in [5.74, 6) is 2.53. The van der Waals surface area contributed by atoms with Gasteiger partial charge in [-0.2, -0.15) is 0 Å². The number of thiophene rings is 2. The first-order valence-corrected chi connectivity index (χ1v) is 11.5. The topological polar surface area (TPSA) is 58.2 Å². The lowest BCUT2D eigenvalue weighted by Gasteiger charge is -2.56. The van der Waals surface area contributed by atoms with Crippen LogP contribution in [0.4, 0.5) is 4.79 Å². The van der Waals surface area contributed by atoms with Gasteiger partial charge in [-0.1, -0.05) is 6.07 Å². The maximum absolute atomic E-state index is 12.5. The molecule has 4 saturated carbocycles. The molecular formula is C21H24N2O2S2. The van der Waals surface area contributed by atoms with E-state index in [0.717, 1.165) is 51.6 Å². The van der Waals surface area contributed by atoms with Crippen molar-refractivity contribution in [3.8, 4) is 0 Å². The number of urea groups is 1. The minimum atomic E-state index is -0.0588. The number of ketones is 1. The van der Waals surface area contributed by atoms with Gasteiger partial charge in [0.2, 0.25) is 5.78 Å². The Hall–Kier alpha value is -1.66. The van der Waals surface area contributed by atoms with Gasteiger partial charge in [-0.3, -0.25) is 4.79 Å². The van der Waals surface area contributed by atoms with Crippen LogP contribution in [-0.2, 0) is 6.54 Å². The zero-order valence-corrected chi connectivity index (χ0v) is 16.8. The zero-order valence-electron chi connectivity index (χ0n) is 15.2. The number of carbonyl (C=O) groups excluding carboxylic acids is 2. The second-order valence-corrected chi connectivity index (χ2v) is 10.7. The molecule has 2 aromatic rings. The first-order chi connectivity index (χ1) is 13.1. The lowest BCUT2D eigenvalue weighted by atomic mass is 9.53. The molecule has 0 spiro atoms. The van der Waals surface area contributed by atoms with E-state index in [1.54, 1.807) is 0 Å². The first-order valence-electron chi connectivity index (χ1n) is 9.81. The maximum Gasteiger partial charge on any atom is 0.315 e. The predicted molar refractivity (Wildman–Crippen MR) is 108 cm³/mol. The van der Waals surface area contributed by atoms with Crippen LogP contribution in [0.15, 0.2) is 29.6 Å². The summed E-state index contributed by atoms with van der Waals surface area (Å²) in [5.41, 5.74) is 0.0363. The Bertz CT molecular complexity index is 820. The van der Waals surface area contributed by atoms with Gasteiger partial charge < -0.3 is 10.6 Å². The summed E-state index contributed by atoms with van der Waals surface area (Å²) in [7, 11) is 0. The molecule has 6 heteroatoms. The van der Waals surface area contributed by atoms with E-state index in [1.807, 2.05) is 29.6 Å². The molecular weight excluding hydrogens is 376 g/mol. The van der Waals surface area contributed by atoms with E-state index < -0.39 is 0 Å². The Kier molecular flexibility index (Phi) is 4.36. The molecule has 0 unspecified atom stereocenters. The number of carbonyl (C=O) groups is 2. The van der Waals surface area contributed by atoms with Crippen LogP contribution in [-0.4, -0.2) is 17.4 Å². The van der Waals surface area contributed by atoms with Crippen LogP contribution in [0, 0.1) is 17.8 Å². The van der Waals surface area contributed by atoms with E-state index in [4.69, 9.17) is 0 Å². The van der Waals surface area contributed by atoms with Gasteiger partial charge in [-0.15, -0.1) is 22.7 Å². The molecule has 4 bridgehead atoms. The normalized spacial score (nSPS) is 31.0. The molecule has 2 heterocycles. The Balaban J connectivity index is 1.18. The fourth-order valence-electron chi connectivity index (χ4n) is 5.84. The fourth-order valence-corrected chi connectivity index (χ4v) is 7.48. The lowest BCUT2D eigenvalue weighted by molar-refractivity contribution is -0.0135. The minimum absolute atomic E-state index is 0.0363. The van der Waals surface area contributed by atoms with Crippen molar-refractivity contribution in [2.24, 2.45) is 17.8 Å². The van der Waals surface area contributed by atoms with E-state index in [-0.39, 0.29) is 17.4 Å². The summed E-state index contributed by atoms with van der Waals surface area (Å²) in [5, 5.41) is 8.26. The minimum Gasteiger partial charge on any atom is -0.333 e.